The maximum absolute atomic E-state index is 13.0. The first-order valence-electron chi connectivity index (χ1n) is 10.1. The second kappa shape index (κ2) is 8.10. The molecule has 2 aliphatic heterocycles. The highest BCUT2D eigenvalue weighted by Crippen LogP contribution is 2.27. The number of benzene rings is 2. The summed E-state index contributed by atoms with van der Waals surface area (Å²) in [6.45, 7) is 2.93. The van der Waals surface area contributed by atoms with Gasteiger partial charge in [0.25, 0.3) is 11.8 Å². The molecule has 1 atom stereocenters. The highest BCUT2D eigenvalue weighted by Gasteiger charge is 2.36. The molecule has 4 rings (SSSR count). The molecule has 0 bridgehead atoms. The Morgan fingerprint density at radius 1 is 1.00 bits per heavy atom. The summed E-state index contributed by atoms with van der Waals surface area (Å²) in [7, 11) is 0. The maximum atomic E-state index is 13.0. The van der Waals surface area contributed by atoms with Gasteiger partial charge in [0.05, 0.1) is 11.1 Å². The Labute approximate surface area is 174 Å². The lowest BCUT2D eigenvalue weighted by molar-refractivity contribution is -0.143. The first-order valence-corrected chi connectivity index (χ1v) is 10.1. The number of imide groups is 1. The zero-order chi connectivity index (χ0) is 21.3. The Balaban J connectivity index is 1.42. The zero-order valence-electron chi connectivity index (χ0n) is 16.8. The van der Waals surface area contributed by atoms with Crippen LogP contribution < -0.4 is 5.32 Å². The number of carbonyl (C=O) groups excluding carboxylic acids is 4. The molecule has 1 N–H and O–H groups in total. The van der Waals surface area contributed by atoms with Crippen LogP contribution in [0, 0.1) is 6.92 Å². The number of piperazine rings is 1. The standard InChI is InChI=1S/C23H23N3O4/c1-15-7-2-3-8-16(15)20-21(28)24-12-14-25(20)19(27)11-6-13-26-22(29)17-9-4-5-10-18(17)23(26)30/h2-5,7-10,20H,6,11-14H2,1H3,(H,24,28). The molecule has 1 fully saturated rings. The van der Waals surface area contributed by atoms with Crippen LogP contribution in [0.3, 0.4) is 0 Å². The second-order valence-electron chi connectivity index (χ2n) is 7.55. The highest BCUT2D eigenvalue weighted by atomic mass is 16.2. The normalized spacial score (nSPS) is 18.4. The van der Waals surface area contributed by atoms with Crippen molar-refractivity contribution in [3.63, 3.8) is 0 Å². The van der Waals surface area contributed by atoms with Gasteiger partial charge < -0.3 is 10.2 Å². The van der Waals surface area contributed by atoms with E-state index < -0.39 is 6.04 Å². The number of aryl methyl sites for hydroxylation is 1. The Bertz CT molecular complexity index is 998. The number of nitrogens with zero attached hydrogens (tertiary/aromatic N) is 2. The first kappa shape index (κ1) is 19.8. The molecule has 4 amide bonds. The van der Waals surface area contributed by atoms with E-state index in [4.69, 9.17) is 0 Å². The number of fused-ring (bicyclic) bond motifs is 1. The number of amides is 4. The molecule has 0 aromatic heterocycles. The smallest absolute Gasteiger partial charge is 0.261 e. The van der Waals surface area contributed by atoms with Crippen molar-refractivity contribution in [1.82, 2.24) is 15.1 Å². The SMILES string of the molecule is Cc1ccccc1C1C(=O)NCCN1C(=O)CCCN1C(=O)c2ccccc2C1=O. The largest absolute Gasteiger partial charge is 0.352 e. The second-order valence-corrected chi connectivity index (χ2v) is 7.55. The third-order valence-corrected chi connectivity index (χ3v) is 5.67. The molecule has 154 valence electrons. The van der Waals surface area contributed by atoms with E-state index >= 15 is 0 Å². The molecule has 2 aromatic carbocycles. The van der Waals surface area contributed by atoms with Gasteiger partial charge in [-0.1, -0.05) is 36.4 Å². The van der Waals surface area contributed by atoms with Crippen molar-refractivity contribution in [3.05, 3.63) is 70.8 Å². The molecule has 2 aliphatic rings. The highest BCUT2D eigenvalue weighted by molar-refractivity contribution is 6.21. The van der Waals surface area contributed by atoms with Crippen LogP contribution in [0.4, 0.5) is 0 Å². The lowest BCUT2D eigenvalue weighted by Crippen LogP contribution is -2.52. The number of nitrogens with one attached hydrogen (secondary N) is 1. The van der Waals surface area contributed by atoms with Crippen LogP contribution >= 0.6 is 0 Å². The molecule has 30 heavy (non-hydrogen) atoms. The van der Waals surface area contributed by atoms with E-state index in [1.807, 2.05) is 31.2 Å². The van der Waals surface area contributed by atoms with Gasteiger partial charge in [-0.15, -0.1) is 0 Å². The summed E-state index contributed by atoms with van der Waals surface area (Å²) in [5.74, 6) is -0.990. The van der Waals surface area contributed by atoms with Gasteiger partial charge in [0, 0.05) is 26.1 Å². The van der Waals surface area contributed by atoms with Crippen LogP contribution in [0.15, 0.2) is 48.5 Å². The van der Waals surface area contributed by atoms with Crippen molar-refractivity contribution in [3.8, 4) is 0 Å². The Hall–Kier alpha value is -3.48. The van der Waals surface area contributed by atoms with Crippen LogP contribution in [0.2, 0.25) is 0 Å². The van der Waals surface area contributed by atoms with E-state index in [1.54, 1.807) is 29.2 Å². The van der Waals surface area contributed by atoms with Crippen molar-refractivity contribution >= 4 is 23.6 Å². The summed E-state index contributed by atoms with van der Waals surface area (Å²) in [6, 6.07) is 13.6. The van der Waals surface area contributed by atoms with E-state index in [0.717, 1.165) is 11.1 Å². The fourth-order valence-corrected chi connectivity index (χ4v) is 4.11. The van der Waals surface area contributed by atoms with Crippen molar-refractivity contribution in [2.45, 2.75) is 25.8 Å². The molecule has 0 radical (unpaired) electrons. The lowest BCUT2D eigenvalue weighted by Gasteiger charge is -2.36. The van der Waals surface area contributed by atoms with Gasteiger partial charge in [-0.2, -0.15) is 0 Å². The molecule has 2 aromatic rings. The third-order valence-electron chi connectivity index (χ3n) is 5.67. The number of hydrogen-bond donors (Lipinski definition) is 1. The quantitative estimate of drug-likeness (QED) is 0.772. The van der Waals surface area contributed by atoms with Gasteiger partial charge in [-0.05, 0) is 36.6 Å². The molecular weight excluding hydrogens is 382 g/mol. The fourth-order valence-electron chi connectivity index (χ4n) is 4.11. The van der Waals surface area contributed by atoms with Crippen LogP contribution in [-0.4, -0.2) is 53.1 Å². The van der Waals surface area contributed by atoms with Crippen LogP contribution in [0.1, 0.15) is 50.7 Å². The summed E-state index contributed by atoms with van der Waals surface area (Å²) in [6.07, 6.45) is 0.506. The summed E-state index contributed by atoms with van der Waals surface area (Å²) in [5, 5.41) is 2.83. The van der Waals surface area contributed by atoms with Gasteiger partial charge in [0.1, 0.15) is 6.04 Å². The molecule has 2 heterocycles. The van der Waals surface area contributed by atoms with Crippen molar-refractivity contribution in [2.75, 3.05) is 19.6 Å². The van der Waals surface area contributed by atoms with E-state index in [-0.39, 0.29) is 36.6 Å². The minimum Gasteiger partial charge on any atom is -0.352 e. The lowest BCUT2D eigenvalue weighted by atomic mass is 9.97. The molecule has 7 nitrogen and oxygen atoms in total. The third kappa shape index (κ3) is 3.47. The first-order chi connectivity index (χ1) is 14.5. The van der Waals surface area contributed by atoms with E-state index in [9.17, 15) is 19.2 Å². The number of carbonyl (C=O) groups is 4. The van der Waals surface area contributed by atoms with Gasteiger partial charge in [-0.25, -0.2) is 0 Å². The van der Waals surface area contributed by atoms with Crippen molar-refractivity contribution < 1.29 is 19.2 Å². The minimum atomic E-state index is -0.660. The zero-order valence-corrected chi connectivity index (χ0v) is 16.8. The predicted molar refractivity (Wildman–Crippen MR) is 110 cm³/mol. The summed E-state index contributed by atoms with van der Waals surface area (Å²) in [5.41, 5.74) is 2.56. The van der Waals surface area contributed by atoms with E-state index in [2.05, 4.69) is 5.32 Å². The Morgan fingerprint density at radius 3 is 2.30 bits per heavy atom. The van der Waals surface area contributed by atoms with Crippen LogP contribution in [-0.2, 0) is 9.59 Å². The Morgan fingerprint density at radius 2 is 1.63 bits per heavy atom. The predicted octanol–water partition coefficient (Wildman–Crippen LogP) is 2.07. The summed E-state index contributed by atoms with van der Waals surface area (Å²) < 4.78 is 0. The average Bonchev–Trinajstić information content (AvgIpc) is 2.99. The van der Waals surface area contributed by atoms with Crippen LogP contribution in [0.5, 0.6) is 0 Å². The number of rotatable bonds is 5. The molecule has 0 spiro atoms. The molecule has 0 saturated carbocycles. The summed E-state index contributed by atoms with van der Waals surface area (Å²) in [4.78, 5) is 53.2. The van der Waals surface area contributed by atoms with Gasteiger partial charge in [0.15, 0.2) is 0 Å². The molecule has 0 aliphatic carbocycles. The average molecular weight is 405 g/mol. The van der Waals surface area contributed by atoms with E-state index in [1.165, 1.54) is 4.90 Å². The molecular formula is C23H23N3O4. The Kier molecular flexibility index (Phi) is 5.35. The number of hydrogen-bond acceptors (Lipinski definition) is 4. The molecule has 1 unspecified atom stereocenters. The minimum absolute atomic E-state index is 0.156. The van der Waals surface area contributed by atoms with Gasteiger partial charge >= 0.3 is 0 Å². The van der Waals surface area contributed by atoms with Gasteiger partial charge in [0.2, 0.25) is 11.8 Å². The topological polar surface area (TPSA) is 86.8 Å². The van der Waals surface area contributed by atoms with E-state index in [0.29, 0.717) is 30.6 Å². The molecule has 1 saturated heterocycles. The summed E-state index contributed by atoms with van der Waals surface area (Å²) >= 11 is 0. The van der Waals surface area contributed by atoms with Crippen LogP contribution in [0.25, 0.3) is 0 Å². The monoisotopic (exact) mass is 405 g/mol. The van der Waals surface area contributed by atoms with Crippen molar-refractivity contribution in [2.24, 2.45) is 0 Å². The van der Waals surface area contributed by atoms with Crippen molar-refractivity contribution in [1.29, 1.82) is 0 Å². The van der Waals surface area contributed by atoms with Gasteiger partial charge in [-0.3, -0.25) is 24.1 Å². The molecule has 7 heteroatoms. The fraction of sp³-hybridized carbons (Fsp3) is 0.304. The maximum Gasteiger partial charge on any atom is 0.261 e.